The van der Waals surface area contributed by atoms with Crippen molar-refractivity contribution in [2.45, 2.75) is 30.6 Å². The van der Waals surface area contributed by atoms with Gasteiger partial charge in [0.25, 0.3) is 0 Å². The predicted octanol–water partition coefficient (Wildman–Crippen LogP) is 3.25. The van der Waals surface area contributed by atoms with Gasteiger partial charge >= 0.3 is 0 Å². The fraction of sp³-hybridized carbons (Fsp3) is 0.500. The van der Waals surface area contributed by atoms with Crippen LogP contribution >= 0.6 is 11.8 Å². The highest BCUT2D eigenvalue weighted by Gasteiger charge is 2.36. The second kappa shape index (κ2) is 4.34. The Bertz CT molecular complexity index is 389. The van der Waals surface area contributed by atoms with E-state index < -0.39 is 11.6 Å². The first-order chi connectivity index (χ1) is 7.53. The summed E-state index contributed by atoms with van der Waals surface area (Å²) in [4.78, 5) is 0. The monoisotopic (exact) mass is 243 g/mol. The molecule has 16 heavy (non-hydrogen) atoms. The smallest absolute Gasteiger partial charge is 0.159 e. The van der Waals surface area contributed by atoms with Crippen LogP contribution in [0, 0.1) is 11.6 Å². The van der Waals surface area contributed by atoms with E-state index in [2.05, 4.69) is 6.92 Å². The minimum Gasteiger partial charge on any atom is -0.323 e. The summed E-state index contributed by atoms with van der Waals surface area (Å²) in [5, 5.41) is 0. The van der Waals surface area contributed by atoms with Gasteiger partial charge in [0, 0.05) is 10.8 Å². The van der Waals surface area contributed by atoms with Crippen LogP contribution in [-0.4, -0.2) is 10.5 Å². The zero-order valence-corrected chi connectivity index (χ0v) is 9.99. The third-order valence-electron chi connectivity index (χ3n) is 3.21. The molecule has 0 saturated carbocycles. The third kappa shape index (κ3) is 2.09. The maximum absolute atomic E-state index is 13.1. The van der Waals surface area contributed by atoms with E-state index in [0.29, 0.717) is 5.56 Å². The average Bonchev–Trinajstić information content (AvgIpc) is 2.70. The first-order valence-electron chi connectivity index (χ1n) is 5.37. The lowest BCUT2D eigenvalue weighted by Crippen LogP contribution is -2.33. The fourth-order valence-corrected chi connectivity index (χ4v) is 3.46. The number of rotatable bonds is 2. The van der Waals surface area contributed by atoms with Crippen molar-refractivity contribution in [1.29, 1.82) is 0 Å². The minimum atomic E-state index is -0.820. The molecular weight excluding hydrogens is 228 g/mol. The van der Waals surface area contributed by atoms with E-state index in [0.717, 1.165) is 24.7 Å². The van der Waals surface area contributed by atoms with Crippen molar-refractivity contribution in [2.24, 2.45) is 5.73 Å². The van der Waals surface area contributed by atoms with Gasteiger partial charge in [0.05, 0.1) is 0 Å². The van der Waals surface area contributed by atoms with Crippen molar-refractivity contribution >= 4 is 11.8 Å². The molecule has 1 saturated heterocycles. The van der Waals surface area contributed by atoms with Crippen LogP contribution in [0.4, 0.5) is 8.78 Å². The number of benzene rings is 1. The Balaban J connectivity index is 2.26. The van der Waals surface area contributed by atoms with Gasteiger partial charge in [-0.1, -0.05) is 6.07 Å². The number of thioether (sulfide) groups is 1. The first-order valence-corrected chi connectivity index (χ1v) is 6.36. The van der Waals surface area contributed by atoms with Crippen LogP contribution in [0.3, 0.4) is 0 Å². The van der Waals surface area contributed by atoms with Gasteiger partial charge < -0.3 is 5.73 Å². The van der Waals surface area contributed by atoms with Gasteiger partial charge in [-0.15, -0.1) is 0 Å². The molecule has 2 atom stereocenters. The van der Waals surface area contributed by atoms with Crippen molar-refractivity contribution in [3.8, 4) is 0 Å². The summed E-state index contributed by atoms with van der Waals surface area (Å²) >= 11 is 1.82. The van der Waals surface area contributed by atoms with Crippen LogP contribution in [0.5, 0.6) is 0 Å². The lowest BCUT2D eigenvalue weighted by molar-refractivity contribution is 0.483. The average molecular weight is 243 g/mol. The van der Waals surface area contributed by atoms with E-state index >= 15 is 0 Å². The molecule has 1 aliphatic rings. The molecule has 88 valence electrons. The Morgan fingerprint density at radius 2 is 2.12 bits per heavy atom. The summed E-state index contributed by atoms with van der Waals surface area (Å²) in [6, 6.07) is 3.69. The van der Waals surface area contributed by atoms with E-state index in [-0.39, 0.29) is 10.8 Å². The molecule has 4 heteroatoms. The van der Waals surface area contributed by atoms with Crippen LogP contribution in [0.1, 0.15) is 31.4 Å². The van der Waals surface area contributed by atoms with Crippen molar-refractivity contribution in [1.82, 2.24) is 0 Å². The normalized spacial score (nSPS) is 27.0. The van der Waals surface area contributed by atoms with E-state index in [1.54, 1.807) is 6.07 Å². The molecule has 1 aliphatic heterocycles. The van der Waals surface area contributed by atoms with Crippen LogP contribution in [0.2, 0.25) is 0 Å². The highest BCUT2D eigenvalue weighted by Crippen LogP contribution is 2.45. The van der Waals surface area contributed by atoms with E-state index in [4.69, 9.17) is 5.73 Å². The molecule has 0 aliphatic carbocycles. The van der Waals surface area contributed by atoms with Gasteiger partial charge in [-0.05, 0) is 43.2 Å². The highest BCUT2D eigenvalue weighted by molar-refractivity contribution is 8.00. The largest absolute Gasteiger partial charge is 0.323 e. The summed E-state index contributed by atoms with van der Waals surface area (Å²) in [6.45, 7) is 2.09. The lowest BCUT2D eigenvalue weighted by Gasteiger charge is -2.30. The molecule has 0 aromatic heterocycles. The standard InChI is InChI=1S/C12H15F2NS/c1-12(5-2-6-16-12)11(15)8-3-4-9(13)10(14)7-8/h3-4,7,11H,2,5-6,15H2,1H3. The quantitative estimate of drug-likeness (QED) is 0.863. The summed E-state index contributed by atoms with van der Waals surface area (Å²) < 4.78 is 25.9. The summed E-state index contributed by atoms with van der Waals surface area (Å²) in [5.41, 5.74) is 6.82. The Morgan fingerprint density at radius 3 is 2.69 bits per heavy atom. The molecule has 2 unspecified atom stereocenters. The highest BCUT2D eigenvalue weighted by atomic mass is 32.2. The lowest BCUT2D eigenvalue weighted by atomic mass is 9.91. The number of nitrogens with two attached hydrogens (primary N) is 1. The van der Waals surface area contributed by atoms with Crippen LogP contribution in [-0.2, 0) is 0 Å². The zero-order valence-electron chi connectivity index (χ0n) is 9.17. The van der Waals surface area contributed by atoms with Crippen molar-refractivity contribution in [3.05, 3.63) is 35.4 Å². The van der Waals surface area contributed by atoms with Crippen LogP contribution in [0.25, 0.3) is 0 Å². The zero-order chi connectivity index (χ0) is 11.8. The number of hydrogen-bond donors (Lipinski definition) is 1. The van der Waals surface area contributed by atoms with Crippen LogP contribution < -0.4 is 5.73 Å². The maximum atomic E-state index is 13.1. The molecule has 1 aromatic rings. The van der Waals surface area contributed by atoms with Gasteiger partial charge in [-0.3, -0.25) is 0 Å². The molecule has 1 heterocycles. The SMILES string of the molecule is CC1(C(N)c2ccc(F)c(F)c2)CCCS1. The minimum absolute atomic E-state index is 0.0513. The van der Waals surface area contributed by atoms with Gasteiger partial charge in [-0.25, -0.2) is 8.78 Å². The third-order valence-corrected chi connectivity index (χ3v) is 4.82. The summed E-state index contributed by atoms with van der Waals surface area (Å²) in [6.07, 6.45) is 2.16. The molecule has 1 fully saturated rings. The molecule has 1 aromatic carbocycles. The predicted molar refractivity (Wildman–Crippen MR) is 63.4 cm³/mol. The first kappa shape index (κ1) is 11.9. The van der Waals surface area contributed by atoms with Crippen molar-refractivity contribution < 1.29 is 8.78 Å². The Hall–Kier alpha value is -0.610. The van der Waals surface area contributed by atoms with E-state index in [1.807, 2.05) is 11.8 Å². The van der Waals surface area contributed by atoms with Crippen molar-refractivity contribution in [3.63, 3.8) is 0 Å². The second-order valence-electron chi connectivity index (χ2n) is 4.42. The van der Waals surface area contributed by atoms with E-state index in [9.17, 15) is 8.78 Å². The molecule has 0 radical (unpaired) electrons. The topological polar surface area (TPSA) is 26.0 Å². The van der Waals surface area contributed by atoms with Gasteiger partial charge in [0.1, 0.15) is 0 Å². The Kier molecular flexibility index (Phi) is 3.22. The molecule has 2 rings (SSSR count). The summed E-state index contributed by atoms with van der Waals surface area (Å²) in [5.74, 6) is -0.548. The van der Waals surface area contributed by atoms with Crippen molar-refractivity contribution in [2.75, 3.05) is 5.75 Å². The molecular formula is C12H15F2NS. The number of hydrogen-bond acceptors (Lipinski definition) is 2. The molecule has 1 nitrogen and oxygen atoms in total. The second-order valence-corrected chi connectivity index (χ2v) is 6.05. The van der Waals surface area contributed by atoms with Crippen LogP contribution in [0.15, 0.2) is 18.2 Å². The Labute approximate surface area is 98.4 Å². The molecule has 0 amide bonds. The molecule has 0 spiro atoms. The van der Waals surface area contributed by atoms with Gasteiger partial charge in [-0.2, -0.15) is 11.8 Å². The molecule has 2 N–H and O–H groups in total. The van der Waals surface area contributed by atoms with E-state index in [1.165, 1.54) is 6.07 Å². The fourth-order valence-electron chi connectivity index (χ4n) is 2.10. The Morgan fingerprint density at radius 1 is 1.38 bits per heavy atom. The van der Waals surface area contributed by atoms with Gasteiger partial charge in [0.2, 0.25) is 0 Å². The molecule has 0 bridgehead atoms. The number of halogens is 2. The van der Waals surface area contributed by atoms with Gasteiger partial charge in [0.15, 0.2) is 11.6 Å². The summed E-state index contributed by atoms with van der Waals surface area (Å²) in [7, 11) is 0. The maximum Gasteiger partial charge on any atom is 0.159 e.